The van der Waals surface area contributed by atoms with Gasteiger partial charge in [0.2, 0.25) is 0 Å². The zero-order valence-corrected chi connectivity index (χ0v) is 50.3. The SMILES string of the molecule is CC/C=C\C/C=C\C/C=C\C/C=C\C/C=C\C/C=C\CCCCCCCCCCCCCCCCCCC(=O)OC(COC(=O)CCCCCCCCC/C=C\C/C=C\C/C=C\CC)COP(=O)([O-])OCC[N+](C)(C)C. The van der Waals surface area contributed by atoms with Gasteiger partial charge in [-0.05, 0) is 96.3 Å². The highest BCUT2D eigenvalue weighted by atomic mass is 31.2. The first-order valence-electron chi connectivity index (χ1n) is 30.6. The largest absolute Gasteiger partial charge is 0.756 e. The monoisotopic (exact) mass is 1080 g/mol. The number of carbonyl (C=O) groups excluding carboxylic acids is 2. The molecule has 0 aromatic heterocycles. The maximum atomic E-state index is 12.8. The molecule has 2 unspecified atom stereocenters. The molecule has 0 aromatic carbocycles. The molecule has 0 aromatic rings. The number of rotatable bonds is 55. The average Bonchev–Trinajstić information content (AvgIpc) is 3.38. The van der Waals surface area contributed by atoms with Crippen LogP contribution in [0.1, 0.15) is 245 Å². The normalized spacial score (nSPS) is 14.0. The lowest BCUT2D eigenvalue weighted by Gasteiger charge is -2.28. The van der Waals surface area contributed by atoms with Gasteiger partial charge in [-0.2, -0.15) is 0 Å². The third-order valence-electron chi connectivity index (χ3n) is 12.8. The second kappa shape index (κ2) is 56.4. The highest BCUT2D eigenvalue weighted by Gasteiger charge is 2.22. The van der Waals surface area contributed by atoms with Crippen molar-refractivity contribution in [3.05, 3.63) is 109 Å². The number of carbonyl (C=O) groups is 2. The molecule has 0 saturated heterocycles. The van der Waals surface area contributed by atoms with Gasteiger partial charge in [0.25, 0.3) is 7.82 Å². The maximum Gasteiger partial charge on any atom is 0.306 e. The van der Waals surface area contributed by atoms with E-state index in [0.29, 0.717) is 23.9 Å². The van der Waals surface area contributed by atoms with Crippen molar-refractivity contribution in [3.63, 3.8) is 0 Å². The summed E-state index contributed by atoms with van der Waals surface area (Å²) in [5.74, 6) is -0.845. The predicted molar refractivity (Wildman–Crippen MR) is 323 cm³/mol. The number of hydrogen-bond donors (Lipinski definition) is 0. The van der Waals surface area contributed by atoms with Crippen molar-refractivity contribution in [2.75, 3.05) is 47.5 Å². The van der Waals surface area contributed by atoms with Crippen molar-refractivity contribution < 1.29 is 42.1 Å². The summed E-state index contributed by atoms with van der Waals surface area (Å²) in [6.45, 7) is 4.01. The first kappa shape index (κ1) is 72.7. The van der Waals surface area contributed by atoms with Gasteiger partial charge in [-0.25, -0.2) is 0 Å². The third-order valence-corrected chi connectivity index (χ3v) is 13.8. The van der Waals surface area contributed by atoms with Crippen LogP contribution in [-0.2, 0) is 32.7 Å². The minimum atomic E-state index is -4.64. The Morgan fingerprint density at radius 1 is 0.408 bits per heavy atom. The van der Waals surface area contributed by atoms with Gasteiger partial charge in [-0.15, -0.1) is 0 Å². The predicted octanol–water partition coefficient (Wildman–Crippen LogP) is 18.7. The van der Waals surface area contributed by atoms with Crippen LogP contribution in [0.3, 0.4) is 0 Å². The summed E-state index contributed by atoms with van der Waals surface area (Å²) in [6.07, 6.45) is 78.6. The van der Waals surface area contributed by atoms with Crippen molar-refractivity contribution in [3.8, 4) is 0 Å². The molecule has 0 radical (unpaired) electrons. The lowest BCUT2D eigenvalue weighted by atomic mass is 10.0. The molecule has 9 nitrogen and oxygen atoms in total. The van der Waals surface area contributed by atoms with Crippen LogP contribution in [0.15, 0.2) is 109 Å². The van der Waals surface area contributed by atoms with Crippen molar-refractivity contribution in [1.82, 2.24) is 0 Å². The molecule has 0 saturated carbocycles. The van der Waals surface area contributed by atoms with Gasteiger partial charge in [0, 0.05) is 12.8 Å². The number of nitrogens with zero attached hydrogens (tertiary/aromatic N) is 1. The van der Waals surface area contributed by atoms with Crippen LogP contribution in [0, 0.1) is 0 Å². The van der Waals surface area contributed by atoms with Crippen LogP contribution >= 0.6 is 7.82 Å². The van der Waals surface area contributed by atoms with E-state index in [4.69, 9.17) is 18.5 Å². The van der Waals surface area contributed by atoms with Crippen LogP contribution in [0.4, 0.5) is 0 Å². The van der Waals surface area contributed by atoms with E-state index in [1.165, 1.54) is 103 Å². The van der Waals surface area contributed by atoms with Gasteiger partial charge in [-0.1, -0.05) is 245 Å². The average molecular weight is 1080 g/mol. The number of allylic oxidation sites excluding steroid dienone is 18. The fraction of sp³-hybridized carbons (Fsp3) is 0.697. The number of hydrogen-bond acceptors (Lipinski definition) is 8. The highest BCUT2D eigenvalue weighted by Crippen LogP contribution is 2.38. The Morgan fingerprint density at radius 3 is 1.05 bits per heavy atom. The molecule has 0 spiro atoms. The van der Waals surface area contributed by atoms with Gasteiger partial charge in [-0.3, -0.25) is 14.2 Å². The first-order valence-corrected chi connectivity index (χ1v) is 32.1. The van der Waals surface area contributed by atoms with Gasteiger partial charge >= 0.3 is 11.9 Å². The Hall–Kier alpha value is -3.33. The van der Waals surface area contributed by atoms with Gasteiger partial charge in [0.05, 0.1) is 27.7 Å². The summed E-state index contributed by atoms with van der Waals surface area (Å²) in [4.78, 5) is 37.9. The smallest absolute Gasteiger partial charge is 0.306 e. The van der Waals surface area contributed by atoms with E-state index in [1.54, 1.807) is 0 Å². The Morgan fingerprint density at radius 2 is 0.711 bits per heavy atom. The molecule has 0 fully saturated rings. The molecule has 10 heteroatoms. The number of unbranched alkanes of at least 4 members (excludes halogenated alkanes) is 23. The van der Waals surface area contributed by atoms with Crippen LogP contribution in [-0.4, -0.2) is 70.0 Å². The molecule has 0 amide bonds. The minimum Gasteiger partial charge on any atom is -0.756 e. The molecule has 0 heterocycles. The van der Waals surface area contributed by atoms with Crippen molar-refractivity contribution in [2.45, 2.75) is 251 Å². The molecule has 0 aliphatic heterocycles. The molecule has 76 heavy (non-hydrogen) atoms. The molecule has 2 atom stereocenters. The number of quaternary nitrogens is 1. The molecular formula is C66H114NO8P. The minimum absolute atomic E-state index is 0.0364. The van der Waals surface area contributed by atoms with E-state index in [-0.39, 0.29) is 26.1 Å². The summed E-state index contributed by atoms with van der Waals surface area (Å²) in [7, 11) is 1.15. The van der Waals surface area contributed by atoms with E-state index >= 15 is 0 Å². The van der Waals surface area contributed by atoms with E-state index in [1.807, 2.05) is 21.1 Å². The van der Waals surface area contributed by atoms with Gasteiger partial charge in [0.15, 0.2) is 6.10 Å². The highest BCUT2D eigenvalue weighted by molar-refractivity contribution is 7.45. The van der Waals surface area contributed by atoms with Crippen LogP contribution in [0.5, 0.6) is 0 Å². The third kappa shape index (κ3) is 59.9. The Kier molecular flexibility index (Phi) is 53.9. The first-order chi connectivity index (χ1) is 37.0. The van der Waals surface area contributed by atoms with Crippen LogP contribution < -0.4 is 4.89 Å². The second-order valence-corrected chi connectivity index (χ2v) is 22.7. The molecule has 0 bridgehead atoms. The number of ether oxygens (including phenoxy) is 2. The Balaban J connectivity index is 4.07. The van der Waals surface area contributed by atoms with E-state index in [0.717, 1.165) is 103 Å². The molecular weight excluding hydrogens is 966 g/mol. The van der Waals surface area contributed by atoms with Crippen LogP contribution in [0.2, 0.25) is 0 Å². The molecule has 0 aliphatic carbocycles. The molecule has 436 valence electrons. The number of phosphoric acid groups is 1. The number of esters is 2. The quantitative estimate of drug-likeness (QED) is 0.0195. The van der Waals surface area contributed by atoms with Crippen LogP contribution in [0.25, 0.3) is 0 Å². The van der Waals surface area contributed by atoms with E-state index in [9.17, 15) is 19.0 Å². The lowest BCUT2D eigenvalue weighted by molar-refractivity contribution is -0.870. The summed E-state index contributed by atoms with van der Waals surface area (Å²) in [6, 6.07) is 0. The Labute approximate surface area is 467 Å². The van der Waals surface area contributed by atoms with Crippen molar-refractivity contribution in [1.29, 1.82) is 0 Å². The summed E-state index contributed by atoms with van der Waals surface area (Å²) < 4.78 is 34.2. The zero-order valence-electron chi connectivity index (χ0n) is 49.4. The second-order valence-electron chi connectivity index (χ2n) is 21.3. The number of likely N-dealkylation sites (N-methyl/N-ethyl adjacent to an activating group) is 1. The summed E-state index contributed by atoms with van der Waals surface area (Å²) in [5.41, 5.74) is 0. The number of phosphoric ester groups is 1. The topological polar surface area (TPSA) is 111 Å². The molecule has 0 rings (SSSR count). The van der Waals surface area contributed by atoms with Crippen molar-refractivity contribution >= 4 is 19.8 Å². The standard InChI is InChI=1S/C66H114NO8P/c1-6-8-10-12-14-16-18-20-22-24-25-26-27-28-29-30-31-32-33-34-35-36-37-38-39-40-41-43-45-47-49-51-53-55-57-59-66(69)75-64(63-74-76(70,71)73-61-60-67(3,4)5)62-72-65(68)58-56-54-52-50-48-46-44-42-23-21-19-17-15-13-11-9-7-2/h8-11,14-17,20-23,25-26,28-29,31-32,64H,6-7,12-13,18-19,24,27,30,33-63H2,1-5H3/b10-8-,11-9-,16-14-,17-15-,22-20-,23-21-,26-25-,29-28-,32-31-. The van der Waals surface area contributed by atoms with E-state index in [2.05, 4.69) is 123 Å². The summed E-state index contributed by atoms with van der Waals surface area (Å²) in [5, 5.41) is 0. The van der Waals surface area contributed by atoms with E-state index < -0.39 is 32.5 Å². The maximum absolute atomic E-state index is 12.8. The summed E-state index contributed by atoms with van der Waals surface area (Å²) >= 11 is 0. The fourth-order valence-electron chi connectivity index (χ4n) is 8.15. The van der Waals surface area contributed by atoms with Gasteiger partial charge < -0.3 is 27.9 Å². The fourth-order valence-corrected chi connectivity index (χ4v) is 8.87. The zero-order chi connectivity index (χ0) is 55.6. The molecule has 0 aliphatic rings. The lowest BCUT2D eigenvalue weighted by Crippen LogP contribution is -2.37. The van der Waals surface area contributed by atoms with Gasteiger partial charge in [0.1, 0.15) is 19.8 Å². The molecule has 0 N–H and O–H groups in total. The Bertz CT molecular complexity index is 1650. The van der Waals surface area contributed by atoms with Crippen molar-refractivity contribution in [2.24, 2.45) is 0 Å².